The van der Waals surface area contributed by atoms with Gasteiger partial charge in [0.05, 0.1) is 12.2 Å². The highest BCUT2D eigenvalue weighted by molar-refractivity contribution is 6.74. The fraction of sp³-hybridized carbons (Fsp3) is 0.867. The molecule has 0 radical (unpaired) electrons. The van der Waals surface area contributed by atoms with Gasteiger partial charge in [-0.25, -0.2) is 0 Å². The van der Waals surface area contributed by atoms with E-state index in [-0.39, 0.29) is 0 Å². The Kier molecular flexibility index (Phi) is 17.8. The first-order valence-corrected chi connectivity index (χ1v) is 20.3. The highest BCUT2D eigenvalue weighted by atomic mass is 28.4. The van der Waals surface area contributed by atoms with E-state index >= 15 is 0 Å². The van der Waals surface area contributed by atoms with E-state index in [0.29, 0.717) is 12.2 Å². The first kappa shape index (κ1) is 31.9. The third kappa shape index (κ3) is 12.2. The van der Waals surface area contributed by atoms with Gasteiger partial charge in [0.25, 0.3) is 0 Å². The summed E-state index contributed by atoms with van der Waals surface area (Å²) in [6, 6.07) is 7.50. The SMILES string of the molecule is CC[Si](CC)(CC)OC1/C=C/CCCCCCC(O[Si](CC)(CC)CC)/C=C/CCCCCC1. The van der Waals surface area contributed by atoms with E-state index in [1.165, 1.54) is 113 Å². The van der Waals surface area contributed by atoms with Crippen molar-refractivity contribution in [1.29, 1.82) is 0 Å². The van der Waals surface area contributed by atoms with E-state index < -0.39 is 16.6 Å². The van der Waals surface area contributed by atoms with Gasteiger partial charge < -0.3 is 8.85 Å². The molecule has 4 heteroatoms. The van der Waals surface area contributed by atoms with Crippen LogP contribution in [0.3, 0.4) is 0 Å². The summed E-state index contributed by atoms with van der Waals surface area (Å²) in [6.07, 6.45) is 25.8. The van der Waals surface area contributed by atoms with Gasteiger partial charge in [-0.1, -0.05) is 104 Å². The molecule has 0 saturated heterocycles. The molecule has 0 spiro atoms. The standard InChI is InChI=1S/C30H60O2Si2/c1-7-33(8-2,9-3)31-29-25-21-17-13-15-19-23-27-30(32-34(10-4,11-5)12-6)28-24-20-16-14-18-22-26-29/h21,24-25,28-30H,7-20,22-23,26-27H2,1-6H3/b25-21+,28-24+. The second kappa shape index (κ2) is 19.0. The fourth-order valence-electron chi connectivity index (χ4n) is 5.45. The Morgan fingerprint density at radius 1 is 0.500 bits per heavy atom. The van der Waals surface area contributed by atoms with Crippen molar-refractivity contribution in [1.82, 2.24) is 0 Å². The van der Waals surface area contributed by atoms with Crippen LogP contribution in [-0.4, -0.2) is 28.8 Å². The molecule has 0 saturated carbocycles. The Hall–Kier alpha value is -0.166. The number of allylic oxidation sites excluding steroid dienone is 2. The van der Waals surface area contributed by atoms with Gasteiger partial charge >= 0.3 is 0 Å². The summed E-state index contributed by atoms with van der Waals surface area (Å²) < 4.78 is 13.8. The lowest BCUT2D eigenvalue weighted by Crippen LogP contribution is -2.39. The fourth-order valence-corrected chi connectivity index (χ4v) is 11.1. The van der Waals surface area contributed by atoms with Crippen LogP contribution in [-0.2, 0) is 8.85 Å². The van der Waals surface area contributed by atoms with Crippen LogP contribution in [0.2, 0.25) is 36.3 Å². The zero-order valence-corrected chi connectivity index (χ0v) is 26.0. The molecule has 0 amide bonds. The van der Waals surface area contributed by atoms with Crippen LogP contribution in [0.25, 0.3) is 0 Å². The zero-order chi connectivity index (χ0) is 25.1. The minimum Gasteiger partial charge on any atom is -0.411 e. The molecule has 1 aliphatic rings. The van der Waals surface area contributed by atoms with Crippen molar-refractivity contribution >= 4 is 16.6 Å². The van der Waals surface area contributed by atoms with Crippen molar-refractivity contribution < 1.29 is 8.85 Å². The van der Waals surface area contributed by atoms with Crippen LogP contribution in [0.15, 0.2) is 24.3 Å². The van der Waals surface area contributed by atoms with E-state index in [1.54, 1.807) is 0 Å². The predicted octanol–water partition coefficient (Wildman–Crippen LogP) is 10.6. The van der Waals surface area contributed by atoms with Crippen LogP contribution in [0, 0.1) is 0 Å². The van der Waals surface area contributed by atoms with Crippen molar-refractivity contribution in [2.24, 2.45) is 0 Å². The van der Waals surface area contributed by atoms with Crippen molar-refractivity contribution in [3.8, 4) is 0 Å². The minimum absolute atomic E-state index is 0.350. The lowest BCUT2D eigenvalue weighted by atomic mass is 10.0. The van der Waals surface area contributed by atoms with Gasteiger partial charge in [-0.05, 0) is 74.8 Å². The van der Waals surface area contributed by atoms with E-state index in [0.717, 1.165) is 0 Å². The van der Waals surface area contributed by atoms with Gasteiger partial charge in [0.1, 0.15) is 0 Å². The third-order valence-electron chi connectivity index (χ3n) is 8.59. The van der Waals surface area contributed by atoms with Gasteiger partial charge in [0, 0.05) is 0 Å². The molecule has 0 N–H and O–H groups in total. The second-order valence-corrected chi connectivity index (χ2v) is 20.1. The lowest BCUT2D eigenvalue weighted by Gasteiger charge is -2.32. The van der Waals surface area contributed by atoms with E-state index in [4.69, 9.17) is 8.85 Å². The number of hydrogen-bond donors (Lipinski definition) is 0. The molecule has 2 unspecified atom stereocenters. The smallest absolute Gasteiger partial charge is 0.192 e. The Bertz CT molecular complexity index is 473. The molecule has 0 aromatic carbocycles. The molecule has 0 fully saturated rings. The summed E-state index contributed by atoms with van der Waals surface area (Å²) in [6.45, 7) is 14.1. The Balaban J connectivity index is 2.70. The normalized spacial score (nSPS) is 24.8. The Morgan fingerprint density at radius 3 is 1.15 bits per heavy atom. The molecular weight excluding hydrogens is 449 g/mol. The van der Waals surface area contributed by atoms with Crippen LogP contribution >= 0.6 is 0 Å². The summed E-state index contributed by atoms with van der Waals surface area (Å²) >= 11 is 0. The Labute approximate surface area is 216 Å². The van der Waals surface area contributed by atoms with Crippen molar-refractivity contribution in [3.05, 3.63) is 24.3 Å². The van der Waals surface area contributed by atoms with Crippen LogP contribution in [0.1, 0.15) is 119 Å². The molecule has 1 rings (SSSR count). The minimum atomic E-state index is -1.54. The highest BCUT2D eigenvalue weighted by Gasteiger charge is 2.32. The first-order chi connectivity index (χ1) is 16.5. The maximum Gasteiger partial charge on any atom is 0.192 e. The molecule has 2 atom stereocenters. The quantitative estimate of drug-likeness (QED) is 0.216. The Morgan fingerprint density at radius 2 is 0.824 bits per heavy atom. The predicted molar refractivity (Wildman–Crippen MR) is 158 cm³/mol. The molecule has 0 aromatic heterocycles. The van der Waals surface area contributed by atoms with Crippen LogP contribution in [0.5, 0.6) is 0 Å². The third-order valence-corrected chi connectivity index (χ3v) is 17.9. The van der Waals surface area contributed by atoms with Gasteiger partial charge in [0.15, 0.2) is 16.6 Å². The number of rotatable bonds is 10. The molecule has 0 bridgehead atoms. The molecule has 2 nitrogen and oxygen atoms in total. The van der Waals surface area contributed by atoms with Gasteiger partial charge in [-0.15, -0.1) is 0 Å². The monoisotopic (exact) mass is 508 g/mol. The zero-order valence-electron chi connectivity index (χ0n) is 24.0. The van der Waals surface area contributed by atoms with Gasteiger partial charge in [-0.3, -0.25) is 0 Å². The molecular formula is C30H60O2Si2. The van der Waals surface area contributed by atoms with E-state index in [2.05, 4.69) is 65.8 Å². The van der Waals surface area contributed by atoms with E-state index in [1.807, 2.05) is 0 Å². The van der Waals surface area contributed by atoms with Crippen molar-refractivity contribution in [2.75, 3.05) is 0 Å². The van der Waals surface area contributed by atoms with Gasteiger partial charge in [-0.2, -0.15) is 0 Å². The van der Waals surface area contributed by atoms with Crippen molar-refractivity contribution in [2.45, 2.75) is 167 Å². The van der Waals surface area contributed by atoms with Crippen LogP contribution in [0.4, 0.5) is 0 Å². The van der Waals surface area contributed by atoms with Gasteiger partial charge in [0.2, 0.25) is 0 Å². The molecule has 34 heavy (non-hydrogen) atoms. The second-order valence-electron chi connectivity index (χ2n) is 10.6. The molecule has 200 valence electrons. The maximum absolute atomic E-state index is 6.88. The molecule has 0 aromatic rings. The lowest BCUT2D eigenvalue weighted by molar-refractivity contribution is 0.216. The van der Waals surface area contributed by atoms with Crippen molar-refractivity contribution in [3.63, 3.8) is 0 Å². The van der Waals surface area contributed by atoms with Crippen LogP contribution < -0.4 is 0 Å². The average molecular weight is 509 g/mol. The summed E-state index contributed by atoms with van der Waals surface area (Å²) in [5.74, 6) is 0. The largest absolute Gasteiger partial charge is 0.411 e. The molecule has 1 aliphatic carbocycles. The topological polar surface area (TPSA) is 18.5 Å². The summed E-state index contributed by atoms with van der Waals surface area (Å²) in [4.78, 5) is 0. The highest BCUT2D eigenvalue weighted by Crippen LogP contribution is 2.27. The first-order valence-electron chi connectivity index (χ1n) is 15.2. The molecule has 0 aliphatic heterocycles. The molecule has 0 heterocycles. The summed E-state index contributed by atoms with van der Waals surface area (Å²) in [7, 11) is -3.08. The summed E-state index contributed by atoms with van der Waals surface area (Å²) in [5.41, 5.74) is 0. The average Bonchev–Trinajstić information content (AvgIpc) is 2.87. The van der Waals surface area contributed by atoms with E-state index in [9.17, 15) is 0 Å². The maximum atomic E-state index is 6.88. The number of hydrogen-bond acceptors (Lipinski definition) is 2. The summed E-state index contributed by atoms with van der Waals surface area (Å²) in [5, 5.41) is 0.